The van der Waals surface area contributed by atoms with Gasteiger partial charge in [0, 0.05) is 7.05 Å². The molecule has 1 aromatic heterocycles. The molecule has 0 aromatic carbocycles. The number of imidazole rings is 1. The zero-order valence-electron chi connectivity index (χ0n) is 7.74. The third-order valence-electron chi connectivity index (χ3n) is 2.75. The van der Waals surface area contributed by atoms with E-state index in [-0.39, 0.29) is 0 Å². The van der Waals surface area contributed by atoms with Crippen LogP contribution >= 0.6 is 11.6 Å². The molecule has 1 aromatic rings. The van der Waals surface area contributed by atoms with Crippen LogP contribution in [-0.4, -0.2) is 14.7 Å². The Kier molecular flexibility index (Phi) is 2.02. The number of aromatic nitrogens is 2. The standard InChI is InChI=1S/C9H10ClN3O/c1-13-6(10)4-12-8(13)7(14)9(5-11)2-3-9/h4,7,14H,2-3H2,1H3. The Balaban J connectivity index is 2.33. The van der Waals surface area contributed by atoms with Crippen LogP contribution in [-0.2, 0) is 7.05 Å². The molecule has 1 aliphatic rings. The Hall–Kier alpha value is -1.05. The summed E-state index contributed by atoms with van der Waals surface area (Å²) in [5.41, 5.74) is -0.623. The molecule has 0 radical (unpaired) electrons. The van der Waals surface area contributed by atoms with Crippen molar-refractivity contribution < 1.29 is 5.11 Å². The minimum absolute atomic E-state index is 0.466. The second-order valence-corrected chi connectivity index (χ2v) is 4.06. The second-order valence-electron chi connectivity index (χ2n) is 3.67. The van der Waals surface area contributed by atoms with Crippen molar-refractivity contribution in [3.63, 3.8) is 0 Å². The molecule has 1 atom stereocenters. The molecule has 0 amide bonds. The Morgan fingerprint density at radius 1 is 1.79 bits per heavy atom. The minimum Gasteiger partial charge on any atom is -0.383 e. The van der Waals surface area contributed by atoms with Crippen molar-refractivity contribution >= 4 is 11.6 Å². The first kappa shape index (κ1) is 9.50. The van der Waals surface area contributed by atoms with Gasteiger partial charge in [-0.05, 0) is 12.8 Å². The maximum atomic E-state index is 9.94. The molecule has 1 unspecified atom stereocenters. The number of aliphatic hydroxyl groups excluding tert-OH is 1. The van der Waals surface area contributed by atoms with E-state index in [0.29, 0.717) is 11.0 Å². The van der Waals surface area contributed by atoms with E-state index in [1.165, 1.54) is 6.20 Å². The van der Waals surface area contributed by atoms with Crippen molar-refractivity contribution in [2.45, 2.75) is 18.9 Å². The number of hydrogen-bond donors (Lipinski definition) is 1. The monoisotopic (exact) mass is 211 g/mol. The average Bonchev–Trinajstić information content (AvgIpc) is 2.91. The SMILES string of the molecule is Cn1c(Cl)cnc1C(O)C1(C#N)CC1. The van der Waals surface area contributed by atoms with Crippen molar-refractivity contribution in [1.29, 1.82) is 5.26 Å². The van der Waals surface area contributed by atoms with E-state index in [0.717, 1.165) is 12.8 Å². The van der Waals surface area contributed by atoms with Gasteiger partial charge < -0.3 is 9.67 Å². The highest BCUT2D eigenvalue weighted by Crippen LogP contribution is 2.54. The van der Waals surface area contributed by atoms with E-state index in [1.54, 1.807) is 11.6 Å². The van der Waals surface area contributed by atoms with Gasteiger partial charge in [0.1, 0.15) is 17.1 Å². The van der Waals surface area contributed by atoms with E-state index < -0.39 is 11.5 Å². The van der Waals surface area contributed by atoms with Crippen molar-refractivity contribution in [1.82, 2.24) is 9.55 Å². The average molecular weight is 212 g/mol. The zero-order chi connectivity index (χ0) is 10.3. The van der Waals surface area contributed by atoms with Crippen LogP contribution in [0.5, 0.6) is 0 Å². The number of hydrogen-bond acceptors (Lipinski definition) is 3. The van der Waals surface area contributed by atoms with Crippen molar-refractivity contribution in [2.75, 3.05) is 0 Å². The smallest absolute Gasteiger partial charge is 0.140 e. The maximum absolute atomic E-state index is 9.94. The van der Waals surface area contributed by atoms with Gasteiger partial charge in [0.25, 0.3) is 0 Å². The number of aliphatic hydroxyl groups is 1. The Labute approximate surface area is 86.7 Å². The number of nitrogens with zero attached hydrogens (tertiary/aromatic N) is 3. The van der Waals surface area contributed by atoms with Crippen LogP contribution in [0.2, 0.25) is 5.15 Å². The molecule has 1 heterocycles. The predicted octanol–water partition coefficient (Wildman–Crippen LogP) is 1.41. The molecule has 1 saturated carbocycles. The predicted molar refractivity (Wildman–Crippen MR) is 50.5 cm³/mol. The van der Waals surface area contributed by atoms with Crippen molar-refractivity contribution in [3.05, 3.63) is 17.2 Å². The summed E-state index contributed by atoms with van der Waals surface area (Å²) in [6.45, 7) is 0. The summed E-state index contributed by atoms with van der Waals surface area (Å²) >= 11 is 5.79. The van der Waals surface area contributed by atoms with Crippen LogP contribution in [0.1, 0.15) is 24.8 Å². The first-order chi connectivity index (χ1) is 6.60. The topological polar surface area (TPSA) is 61.8 Å². The first-order valence-electron chi connectivity index (χ1n) is 4.37. The summed E-state index contributed by atoms with van der Waals surface area (Å²) in [5, 5.41) is 19.3. The quantitative estimate of drug-likeness (QED) is 0.805. The minimum atomic E-state index is -0.829. The first-order valence-corrected chi connectivity index (χ1v) is 4.75. The van der Waals surface area contributed by atoms with Gasteiger partial charge in [-0.1, -0.05) is 11.6 Å². The van der Waals surface area contributed by atoms with Gasteiger partial charge in [-0.2, -0.15) is 5.26 Å². The summed E-state index contributed by atoms with van der Waals surface area (Å²) in [5.74, 6) is 0.467. The highest BCUT2D eigenvalue weighted by molar-refractivity contribution is 6.29. The van der Waals surface area contributed by atoms with E-state index in [1.807, 2.05) is 0 Å². The Morgan fingerprint density at radius 2 is 2.43 bits per heavy atom. The van der Waals surface area contributed by atoms with Gasteiger partial charge in [-0.15, -0.1) is 0 Å². The lowest BCUT2D eigenvalue weighted by molar-refractivity contribution is 0.111. The maximum Gasteiger partial charge on any atom is 0.140 e. The highest BCUT2D eigenvalue weighted by Gasteiger charge is 2.51. The molecule has 0 spiro atoms. The number of halogens is 1. The summed E-state index contributed by atoms with van der Waals surface area (Å²) in [6, 6.07) is 2.14. The van der Waals surface area contributed by atoms with E-state index >= 15 is 0 Å². The van der Waals surface area contributed by atoms with Gasteiger partial charge in [-0.25, -0.2) is 4.98 Å². The van der Waals surface area contributed by atoms with Gasteiger partial charge in [-0.3, -0.25) is 0 Å². The zero-order valence-corrected chi connectivity index (χ0v) is 8.49. The fourth-order valence-corrected chi connectivity index (χ4v) is 1.62. The molecule has 74 valence electrons. The van der Waals surface area contributed by atoms with Crippen LogP contribution < -0.4 is 0 Å². The largest absolute Gasteiger partial charge is 0.383 e. The van der Waals surface area contributed by atoms with Crippen LogP contribution in [0, 0.1) is 16.7 Å². The third kappa shape index (κ3) is 1.21. The number of nitriles is 1. The van der Waals surface area contributed by atoms with Crippen LogP contribution in [0.3, 0.4) is 0 Å². The number of rotatable bonds is 2. The molecule has 4 nitrogen and oxygen atoms in total. The summed E-state index contributed by atoms with van der Waals surface area (Å²) < 4.78 is 1.60. The van der Waals surface area contributed by atoms with Crippen molar-refractivity contribution in [3.8, 4) is 6.07 Å². The van der Waals surface area contributed by atoms with Gasteiger partial charge in [0.15, 0.2) is 0 Å². The fourth-order valence-electron chi connectivity index (χ4n) is 1.48. The molecule has 5 heteroatoms. The second kappa shape index (κ2) is 2.97. The third-order valence-corrected chi connectivity index (χ3v) is 3.10. The normalized spacial score (nSPS) is 20.1. The Bertz CT molecular complexity index is 403. The molecule has 1 aliphatic carbocycles. The van der Waals surface area contributed by atoms with Crippen LogP contribution in [0.4, 0.5) is 0 Å². The van der Waals surface area contributed by atoms with E-state index in [4.69, 9.17) is 16.9 Å². The summed E-state index contributed by atoms with van der Waals surface area (Å²) in [4.78, 5) is 4.00. The molecule has 0 aliphatic heterocycles. The molecule has 2 rings (SSSR count). The van der Waals surface area contributed by atoms with Crippen LogP contribution in [0.15, 0.2) is 6.20 Å². The molecule has 0 saturated heterocycles. The summed E-state index contributed by atoms with van der Waals surface area (Å²) in [7, 11) is 1.72. The van der Waals surface area contributed by atoms with Gasteiger partial charge in [0.2, 0.25) is 0 Å². The lowest BCUT2D eigenvalue weighted by Crippen LogP contribution is -2.16. The van der Waals surface area contributed by atoms with E-state index in [9.17, 15) is 5.11 Å². The van der Waals surface area contributed by atoms with Crippen molar-refractivity contribution in [2.24, 2.45) is 12.5 Å². The van der Waals surface area contributed by atoms with Crippen LogP contribution in [0.25, 0.3) is 0 Å². The molecule has 14 heavy (non-hydrogen) atoms. The van der Waals surface area contributed by atoms with Gasteiger partial charge >= 0.3 is 0 Å². The lowest BCUT2D eigenvalue weighted by atomic mass is 10.0. The summed E-state index contributed by atoms with van der Waals surface area (Å²) in [6.07, 6.45) is 2.11. The molecule has 0 bridgehead atoms. The molecular formula is C9H10ClN3O. The van der Waals surface area contributed by atoms with E-state index in [2.05, 4.69) is 11.1 Å². The molecule has 1 N–H and O–H groups in total. The molecular weight excluding hydrogens is 202 g/mol. The molecule has 1 fully saturated rings. The Morgan fingerprint density at radius 3 is 2.79 bits per heavy atom. The fraction of sp³-hybridized carbons (Fsp3) is 0.556. The lowest BCUT2D eigenvalue weighted by Gasteiger charge is -2.14. The highest BCUT2D eigenvalue weighted by atomic mass is 35.5. The van der Waals surface area contributed by atoms with Gasteiger partial charge in [0.05, 0.1) is 17.7 Å².